The van der Waals surface area contributed by atoms with E-state index >= 15 is 0 Å². The molecule has 1 fully saturated rings. The first-order chi connectivity index (χ1) is 12.4. The molecule has 0 bridgehead atoms. The Bertz CT molecular complexity index is 705. The Morgan fingerprint density at radius 3 is 2.41 bits per heavy atom. The molecule has 2 heterocycles. The zero-order valence-corrected chi connectivity index (χ0v) is 17.9. The zero-order chi connectivity index (χ0) is 18.6. The number of nitrogens with zero attached hydrogens (tertiary/aromatic N) is 1. The van der Waals surface area contributed by atoms with Crippen LogP contribution in [-0.4, -0.2) is 43.7 Å². The fraction of sp³-hybridized carbons (Fsp3) is 0.476. The van der Waals surface area contributed by atoms with E-state index in [1.54, 1.807) is 11.3 Å². The van der Waals surface area contributed by atoms with E-state index in [4.69, 9.17) is 4.74 Å². The summed E-state index contributed by atoms with van der Waals surface area (Å²) in [6.07, 6.45) is 0. The highest BCUT2D eigenvalue weighted by atomic mass is 35.5. The lowest BCUT2D eigenvalue weighted by atomic mass is 9.87. The minimum atomic E-state index is -0.0136. The molecule has 1 N–H and O–H groups in total. The summed E-state index contributed by atoms with van der Waals surface area (Å²) < 4.78 is 5.48. The molecule has 0 radical (unpaired) electrons. The first-order valence-corrected chi connectivity index (χ1v) is 10.1. The predicted molar refractivity (Wildman–Crippen MR) is 114 cm³/mol. The molecule has 1 aliphatic rings. The lowest BCUT2D eigenvalue weighted by Crippen LogP contribution is -2.43. The van der Waals surface area contributed by atoms with Crippen LogP contribution < -0.4 is 5.32 Å². The number of morpholine rings is 1. The third kappa shape index (κ3) is 5.79. The molecular formula is C21H29ClN2O2S. The highest BCUT2D eigenvalue weighted by Gasteiger charge is 2.24. The van der Waals surface area contributed by atoms with Crippen molar-refractivity contribution in [1.29, 1.82) is 0 Å². The minimum absolute atomic E-state index is 0. The van der Waals surface area contributed by atoms with E-state index in [0.29, 0.717) is 12.1 Å². The van der Waals surface area contributed by atoms with Gasteiger partial charge in [-0.3, -0.25) is 9.69 Å². The van der Waals surface area contributed by atoms with Crippen LogP contribution in [0.2, 0.25) is 0 Å². The van der Waals surface area contributed by atoms with Gasteiger partial charge >= 0.3 is 0 Å². The summed E-state index contributed by atoms with van der Waals surface area (Å²) in [4.78, 5) is 16.3. The average Bonchev–Trinajstić information content (AvgIpc) is 3.16. The van der Waals surface area contributed by atoms with Gasteiger partial charge in [-0.25, -0.2) is 0 Å². The maximum absolute atomic E-state index is 12.6. The standard InChI is InChI=1S/C21H28N2O2S.ClH/c1-21(2,3)17-8-6-16(7-9-17)20(24)22-15-18(19-5-4-14-26-19)23-10-12-25-13-11-23;/h4-9,14,18H,10-13,15H2,1-3H3,(H,22,24);1H. The number of rotatable bonds is 5. The number of amides is 1. The molecule has 6 heteroatoms. The van der Waals surface area contributed by atoms with Gasteiger partial charge in [0.15, 0.2) is 0 Å². The van der Waals surface area contributed by atoms with Crippen LogP contribution in [0.15, 0.2) is 41.8 Å². The van der Waals surface area contributed by atoms with E-state index in [1.165, 1.54) is 10.4 Å². The summed E-state index contributed by atoms with van der Waals surface area (Å²) in [5.41, 5.74) is 2.04. The number of carbonyl (C=O) groups is 1. The van der Waals surface area contributed by atoms with E-state index in [0.717, 1.165) is 26.3 Å². The molecule has 3 rings (SSSR count). The number of ether oxygens (including phenoxy) is 1. The molecule has 1 saturated heterocycles. The lowest BCUT2D eigenvalue weighted by Gasteiger charge is -2.34. The Balaban J connectivity index is 0.00000261. The molecule has 27 heavy (non-hydrogen) atoms. The summed E-state index contributed by atoms with van der Waals surface area (Å²) in [6.45, 7) is 10.5. The van der Waals surface area contributed by atoms with Crippen LogP contribution in [0.4, 0.5) is 0 Å². The molecule has 1 atom stereocenters. The number of benzene rings is 1. The van der Waals surface area contributed by atoms with E-state index < -0.39 is 0 Å². The van der Waals surface area contributed by atoms with Crippen LogP contribution in [0.3, 0.4) is 0 Å². The van der Waals surface area contributed by atoms with Gasteiger partial charge in [-0.2, -0.15) is 0 Å². The molecule has 1 aliphatic heterocycles. The smallest absolute Gasteiger partial charge is 0.251 e. The van der Waals surface area contributed by atoms with E-state index in [1.807, 2.05) is 24.3 Å². The molecule has 0 saturated carbocycles. The van der Waals surface area contributed by atoms with Crippen molar-refractivity contribution in [2.24, 2.45) is 0 Å². The molecule has 1 unspecified atom stereocenters. The van der Waals surface area contributed by atoms with Gasteiger partial charge in [-0.05, 0) is 34.6 Å². The topological polar surface area (TPSA) is 41.6 Å². The van der Waals surface area contributed by atoms with Crippen LogP contribution in [0.1, 0.15) is 47.6 Å². The Hall–Kier alpha value is -1.40. The van der Waals surface area contributed by atoms with E-state index in [2.05, 4.69) is 48.5 Å². The van der Waals surface area contributed by atoms with Crippen molar-refractivity contribution >= 4 is 29.7 Å². The molecule has 2 aromatic rings. The van der Waals surface area contributed by atoms with Gasteiger partial charge in [-0.15, -0.1) is 23.7 Å². The number of hydrogen-bond acceptors (Lipinski definition) is 4. The van der Waals surface area contributed by atoms with Crippen molar-refractivity contribution in [3.05, 3.63) is 57.8 Å². The Labute approximate surface area is 172 Å². The fourth-order valence-electron chi connectivity index (χ4n) is 3.19. The Morgan fingerprint density at radius 2 is 1.85 bits per heavy atom. The van der Waals surface area contributed by atoms with Crippen LogP contribution in [0.25, 0.3) is 0 Å². The van der Waals surface area contributed by atoms with Crippen molar-refractivity contribution in [2.75, 3.05) is 32.8 Å². The van der Waals surface area contributed by atoms with Gasteiger partial charge in [0, 0.05) is 30.1 Å². The molecule has 1 amide bonds. The van der Waals surface area contributed by atoms with Crippen LogP contribution in [0.5, 0.6) is 0 Å². The molecule has 4 nitrogen and oxygen atoms in total. The van der Waals surface area contributed by atoms with Crippen molar-refractivity contribution in [3.8, 4) is 0 Å². The van der Waals surface area contributed by atoms with Crippen LogP contribution in [0, 0.1) is 0 Å². The summed E-state index contributed by atoms with van der Waals surface area (Å²) in [7, 11) is 0. The fourth-order valence-corrected chi connectivity index (χ4v) is 4.05. The second-order valence-corrected chi connectivity index (χ2v) is 8.70. The van der Waals surface area contributed by atoms with Gasteiger partial charge in [0.2, 0.25) is 0 Å². The third-order valence-corrected chi connectivity index (χ3v) is 5.80. The van der Waals surface area contributed by atoms with Gasteiger partial charge in [-0.1, -0.05) is 39.0 Å². The van der Waals surface area contributed by atoms with Crippen molar-refractivity contribution < 1.29 is 9.53 Å². The van der Waals surface area contributed by atoms with Crippen LogP contribution in [-0.2, 0) is 10.2 Å². The number of thiophene rings is 1. The number of nitrogens with one attached hydrogen (secondary N) is 1. The highest BCUT2D eigenvalue weighted by molar-refractivity contribution is 7.10. The second kappa shape index (κ2) is 9.69. The number of hydrogen-bond donors (Lipinski definition) is 1. The average molecular weight is 409 g/mol. The van der Waals surface area contributed by atoms with E-state index in [9.17, 15) is 4.79 Å². The van der Waals surface area contributed by atoms with Gasteiger partial charge in [0.25, 0.3) is 5.91 Å². The molecule has 148 valence electrons. The molecule has 1 aromatic heterocycles. The molecule has 1 aromatic carbocycles. The first-order valence-electron chi connectivity index (χ1n) is 9.19. The number of carbonyl (C=O) groups excluding carboxylic acids is 1. The third-order valence-electron chi connectivity index (χ3n) is 4.83. The van der Waals surface area contributed by atoms with E-state index in [-0.39, 0.29) is 29.8 Å². The maximum Gasteiger partial charge on any atom is 0.251 e. The quantitative estimate of drug-likeness (QED) is 0.803. The minimum Gasteiger partial charge on any atom is -0.379 e. The van der Waals surface area contributed by atoms with Crippen molar-refractivity contribution in [2.45, 2.75) is 32.2 Å². The summed E-state index contributed by atoms with van der Waals surface area (Å²) in [5, 5.41) is 5.22. The predicted octanol–water partition coefficient (Wildman–Crippen LogP) is 4.27. The SMILES string of the molecule is CC(C)(C)c1ccc(C(=O)NCC(c2cccs2)N2CCOCC2)cc1.Cl. The monoisotopic (exact) mass is 408 g/mol. The second-order valence-electron chi connectivity index (χ2n) is 7.72. The highest BCUT2D eigenvalue weighted by Crippen LogP contribution is 2.26. The lowest BCUT2D eigenvalue weighted by molar-refractivity contribution is 0.0169. The number of halogens is 1. The van der Waals surface area contributed by atoms with Crippen molar-refractivity contribution in [1.82, 2.24) is 10.2 Å². The van der Waals surface area contributed by atoms with Gasteiger partial charge < -0.3 is 10.1 Å². The maximum atomic E-state index is 12.6. The first kappa shape index (κ1) is 21.9. The molecular weight excluding hydrogens is 380 g/mol. The summed E-state index contributed by atoms with van der Waals surface area (Å²) >= 11 is 1.74. The molecule has 0 aliphatic carbocycles. The summed E-state index contributed by atoms with van der Waals surface area (Å²) in [5.74, 6) is -0.0136. The van der Waals surface area contributed by atoms with Gasteiger partial charge in [0.1, 0.15) is 0 Å². The Morgan fingerprint density at radius 1 is 1.19 bits per heavy atom. The van der Waals surface area contributed by atoms with Crippen LogP contribution >= 0.6 is 23.7 Å². The zero-order valence-electron chi connectivity index (χ0n) is 16.2. The normalized spacial score (nSPS) is 16.4. The summed E-state index contributed by atoms with van der Waals surface area (Å²) in [6, 6.07) is 12.4. The van der Waals surface area contributed by atoms with Crippen molar-refractivity contribution in [3.63, 3.8) is 0 Å². The molecule has 0 spiro atoms. The largest absolute Gasteiger partial charge is 0.379 e. The van der Waals surface area contributed by atoms with Gasteiger partial charge in [0.05, 0.1) is 19.3 Å². The Kier molecular flexibility index (Phi) is 7.86.